The molecule has 2 nitrogen and oxygen atoms in total. The molecule has 0 bridgehead atoms. The van der Waals surface area contributed by atoms with Crippen molar-refractivity contribution in [3.05, 3.63) is 34.0 Å². The molecule has 1 heterocycles. The summed E-state index contributed by atoms with van der Waals surface area (Å²) in [5.74, 6) is 0.849. The third kappa shape index (κ3) is 1.60. The SMILES string of the molecule is COc1ccc2c(I)ccnc2c1. The number of hydrogen-bond donors (Lipinski definition) is 0. The first-order chi connectivity index (χ1) is 6.31. The number of benzene rings is 1. The smallest absolute Gasteiger partial charge is 0.121 e. The van der Waals surface area contributed by atoms with Gasteiger partial charge in [-0.15, -0.1) is 0 Å². The summed E-state index contributed by atoms with van der Waals surface area (Å²) in [6.45, 7) is 0. The summed E-state index contributed by atoms with van der Waals surface area (Å²) in [6, 6.07) is 7.92. The van der Waals surface area contributed by atoms with Gasteiger partial charge in [0.15, 0.2) is 0 Å². The summed E-state index contributed by atoms with van der Waals surface area (Å²) in [7, 11) is 1.66. The van der Waals surface area contributed by atoms with Crippen molar-refractivity contribution in [3.8, 4) is 5.75 Å². The van der Waals surface area contributed by atoms with Gasteiger partial charge in [0.25, 0.3) is 0 Å². The standard InChI is InChI=1S/C10H8INO/c1-13-7-2-3-8-9(11)4-5-12-10(8)6-7/h2-6H,1H3. The number of ether oxygens (including phenoxy) is 1. The number of fused-ring (bicyclic) bond motifs is 1. The number of nitrogens with zero attached hydrogens (tertiary/aromatic N) is 1. The molecule has 0 atom stereocenters. The number of aromatic nitrogens is 1. The predicted molar refractivity (Wildman–Crippen MR) is 61.0 cm³/mol. The lowest BCUT2D eigenvalue weighted by Gasteiger charge is -2.02. The van der Waals surface area contributed by atoms with E-state index in [9.17, 15) is 0 Å². The fourth-order valence-electron chi connectivity index (χ4n) is 1.22. The molecule has 1 aromatic carbocycles. The molecule has 3 heteroatoms. The number of methoxy groups -OCH3 is 1. The average molecular weight is 285 g/mol. The molecule has 0 N–H and O–H groups in total. The second-order valence-corrected chi connectivity index (χ2v) is 3.84. The van der Waals surface area contributed by atoms with Gasteiger partial charge in [0.2, 0.25) is 0 Å². The molecule has 0 aliphatic rings. The van der Waals surface area contributed by atoms with E-state index in [1.165, 1.54) is 8.96 Å². The lowest BCUT2D eigenvalue weighted by Crippen LogP contribution is -1.85. The molecule has 0 aliphatic carbocycles. The van der Waals surface area contributed by atoms with Crippen LogP contribution in [-0.2, 0) is 0 Å². The maximum atomic E-state index is 5.12. The zero-order valence-corrected chi connectivity index (χ0v) is 9.28. The van der Waals surface area contributed by atoms with Gasteiger partial charge in [0.05, 0.1) is 12.6 Å². The molecule has 0 radical (unpaired) electrons. The van der Waals surface area contributed by atoms with Crippen LogP contribution in [0.3, 0.4) is 0 Å². The highest BCUT2D eigenvalue weighted by molar-refractivity contribution is 14.1. The van der Waals surface area contributed by atoms with Crippen molar-refractivity contribution in [3.63, 3.8) is 0 Å². The third-order valence-electron chi connectivity index (χ3n) is 1.90. The Balaban J connectivity index is 2.72. The monoisotopic (exact) mass is 285 g/mol. The van der Waals surface area contributed by atoms with Crippen LogP contribution in [0.1, 0.15) is 0 Å². The van der Waals surface area contributed by atoms with Gasteiger partial charge in [-0.05, 0) is 40.8 Å². The van der Waals surface area contributed by atoms with E-state index in [-0.39, 0.29) is 0 Å². The molecule has 0 spiro atoms. The van der Waals surface area contributed by atoms with Gasteiger partial charge in [-0.3, -0.25) is 4.98 Å². The number of pyridine rings is 1. The second kappa shape index (κ2) is 3.49. The minimum absolute atomic E-state index is 0.849. The van der Waals surface area contributed by atoms with Crippen LogP contribution >= 0.6 is 22.6 Å². The first kappa shape index (κ1) is 8.74. The van der Waals surface area contributed by atoms with Crippen LogP contribution in [0.4, 0.5) is 0 Å². The van der Waals surface area contributed by atoms with Crippen molar-refractivity contribution >= 4 is 33.5 Å². The molecule has 0 saturated carbocycles. The normalized spacial score (nSPS) is 10.3. The van der Waals surface area contributed by atoms with E-state index in [0.29, 0.717) is 0 Å². The van der Waals surface area contributed by atoms with Crippen LogP contribution in [0.15, 0.2) is 30.5 Å². The third-order valence-corrected chi connectivity index (χ3v) is 2.84. The molecule has 2 aromatic rings. The van der Waals surface area contributed by atoms with E-state index in [2.05, 4.69) is 27.6 Å². The highest BCUT2D eigenvalue weighted by Gasteiger charge is 1.99. The number of halogens is 1. The van der Waals surface area contributed by atoms with Gasteiger partial charge in [0.1, 0.15) is 5.75 Å². The fraction of sp³-hybridized carbons (Fsp3) is 0.100. The van der Waals surface area contributed by atoms with Crippen molar-refractivity contribution < 1.29 is 4.74 Å². The molecule has 1 aromatic heterocycles. The van der Waals surface area contributed by atoms with E-state index in [1.54, 1.807) is 7.11 Å². The fourth-order valence-corrected chi connectivity index (χ4v) is 1.84. The largest absolute Gasteiger partial charge is 0.497 e. The minimum atomic E-state index is 0.849. The van der Waals surface area contributed by atoms with Crippen LogP contribution in [0.25, 0.3) is 10.9 Å². The maximum absolute atomic E-state index is 5.12. The van der Waals surface area contributed by atoms with E-state index in [4.69, 9.17) is 4.74 Å². The lowest BCUT2D eigenvalue weighted by atomic mass is 10.2. The topological polar surface area (TPSA) is 22.1 Å². The molecular formula is C10H8INO. The van der Waals surface area contributed by atoms with Crippen molar-refractivity contribution in [2.45, 2.75) is 0 Å². The van der Waals surface area contributed by atoms with Crippen molar-refractivity contribution in [2.24, 2.45) is 0 Å². The summed E-state index contributed by atoms with van der Waals surface area (Å²) < 4.78 is 6.33. The van der Waals surface area contributed by atoms with Gasteiger partial charge < -0.3 is 4.74 Å². The molecule has 2 rings (SSSR count). The van der Waals surface area contributed by atoms with Gasteiger partial charge in [0, 0.05) is 21.2 Å². The molecule has 0 aliphatic heterocycles. The maximum Gasteiger partial charge on any atom is 0.121 e. The molecule has 0 unspecified atom stereocenters. The highest BCUT2D eigenvalue weighted by Crippen LogP contribution is 2.22. The van der Waals surface area contributed by atoms with Crippen molar-refractivity contribution in [1.29, 1.82) is 0 Å². The highest BCUT2D eigenvalue weighted by atomic mass is 127. The average Bonchev–Trinajstić information content (AvgIpc) is 2.18. The van der Waals surface area contributed by atoms with Gasteiger partial charge in [-0.25, -0.2) is 0 Å². The second-order valence-electron chi connectivity index (χ2n) is 2.68. The van der Waals surface area contributed by atoms with Crippen LogP contribution in [-0.4, -0.2) is 12.1 Å². The van der Waals surface area contributed by atoms with Crippen LogP contribution < -0.4 is 4.74 Å². The Morgan fingerprint density at radius 1 is 1.31 bits per heavy atom. The summed E-state index contributed by atoms with van der Waals surface area (Å²) in [5.41, 5.74) is 0.978. The first-order valence-corrected chi connectivity index (χ1v) is 4.97. The molecule has 13 heavy (non-hydrogen) atoms. The summed E-state index contributed by atoms with van der Waals surface area (Å²) in [4.78, 5) is 4.27. The summed E-state index contributed by atoms with van der Waals surface area (Å²) in [6.07, 6.45) is 1.81. The first-order valence-electron chi connectivity index (χ1n) is 3.89. The van der Waals surface area contributed by atoms with Crippen molar-refractivity contribution in [1.82, 2.24) is 4.98 Å². The molecular weight excluding hydrogens is 277 g/mol. The van der Waals surface area contributed by atoms with Crippen LogP contribution in [0.5, 0.6) is 5.75 Å². The Hall–Kier alpha value is -0.840. The number of rotatable bonds is 1. The van der Waals surface area contributed by atoms with E-state index in [1.807, 2.05) is 30.5 Å². The molecule has 0 amide bonds. The molecule has 66 valence electrons. The number of hydrogen-bond acceptors (Lipinski definition) is 2. The van der Waals surface area contributed by atoms with Gasteiger partial charge in [-0.1, -0.05) is 0 Å². The quantitative estimate of drug-likeness (QED) is 0.752. The van der Waals surface area contributed by atoms with Crippen LogP contribution in [0, 0.1) is 3.57 Å². The Kier molecular flexibility index (Phi) is 2.35. The molecule has 0 fully saturated rings. The Morgan fingerprint density at radius 3 is 2.92 bits per heavy atom. The zero-order valence-electron chi connectivity index (χ0n) is 7.12. The Labute approximate surface area is 90.1 Å². The summed E-state index contributed by atoms with van der Waals surface area (Å²) >= 11 is 2.30. The lowest BCUT2D eigenvalue weighted by molar-refractivity contribution is 0.415. The molecule has 0 saturated heterocycles. The van der Waals surface area contributed by atoms with Gasteiger partial charge in [-0.2, -0.15) is 0 Å². The van der Waals surface area contributed by atoms with E-state index >= 15 is 0 Å². The summed E-state index contributed by atoms with van der Waals surface area (Å²) in [5, 5.41) is 1.17. The zero-order chi connectivity index (χ0) is 9.26. The Bertz CT molecular complexity index is 442. The predicted octanol–water partition coefficient (Wildman–Crippen LogP) is 2.85. The Morgan fingerprint density at radius 2 is 2.15 bits per heavy atom. The van der Waals surface area contributed by atoms with E-state index < -0.39 is 0 Å². The van der Waals surface area contributed by atoms with Gasteiger partial charge >= 0.3 is 0 Å². The van der Waals surface area contributed by atoms with E-state index in [0.717, 1.165) is 11.3 Å². The minimum Gasteiger partial charge on any atom is -0.497 e. The van der Waals surface area contributed by atoms with Crippen LogP contribution in [0.2, 0.25) is 0 Å². The van der Waals surface area contributed by atoms with Crippen molar-refractivity contribution in [2.75, 3.05) is 7.11 Å².